The summed E-state index contributed by atoms with van der Waals surface area (Å²) in [5, 5.41) is 0.725. The summed E-state index contributed by atoms with van der Waals surface area (Å²) in [6.07, 6.45) is 1.83. The van der Waals surface area contributed by atoms with Gasteiger partial charge >= 0.3 is 0 Å². The molecule has 2 N–H and O–H groups in total. The number of aromatic nitrogens is 2. The van der Waals surface area contributed by atoms with E-state index in [1.165, 1.54) is 0 Å². The molecule has 0 amide bonds. The third-order valence-electron chi connectivity index (χ3n) is 3.43. The molecule has 2 aromatic rings. The van der Waals surface area contributed by atoms with E-state index in [1.807, 2.05) is 35.8 Å². The molecule has 112 valence electrons. The number of halogens is 1. The van der Waals surface area contributed by atoms with E-state index < -0.39 is 0 Å². The van der Waals surface area contributed by atoms with E-state index in [0.29, 0.717) is 12.4 Å². The van der Waals surface area contributed by atoms with Gasteiger partial charge in [0.25, 0.3) is 0 Å². The summed E-state index contributed by atoms with van der Waals surface area (Å²) < 4.78 is 2.01. The zero-order valence-corrected chi connectivity index (χ0v) is 13.8. The highest BCUT2D eigenvalue weighted by atomic mass is 35.5. The Morgan fingerprint density at radius 1 is 1.38 bits per heavy atom. The van der Waals surface area contributed by atoms with E-state index in [9.17, 15) is 0 Å². The highest BCUT2D eigenvalue weighted by Gasteiger charge is 2.25. The van der Waals surface area contributed by atoms with Crippen LogP contribution < -0.4 is 5.73 Å². The van der Waals surface area contributed by atoms with Crippen LogP contribution in [0.3, 0.4) is 0 Å². The molecule has 0 spiro atoms. The van der Waals surface area contributed by atoms with E-state index >= 15 is 0 Å². The van der Waals surface area contributed by atoms with E-state index in [1.54, 1.807) is 0 Å². The number of rotatable bonds is 3. The Labute approximate surface area is 131 Å². The molecule has 1 heterocycles. The quantitative estimate of drug-likeness (QED) is 0.844. The fourth-order valence-electron chi connectivity index (χ4n) is 2.30. The summed E-state index contributed by atoms with van der Waals surface area (Å²) in [5.74, 6) is 1.60. The Hall–Kier alpha value is -1.74. The van der Waals surface area contributed by atoms with Gasteiger partial charge in [-0.1, -0.05) is 50.6 Å². The van der Waals surface area contributed by atoms with Crippen molar-refractivity contribution in [3.8, 4) is 11.3 Å². The molecule has 0 fully saturated rings. The lowest BCUT2D eigenvalue weighted by molar-refractivity contribution is 0.515. The van der Waals surface area contributed by atoms with Gasteiger partial charge in [0.1, 0.15) is 17.3 Å². The van der Waals surface area contributed by atoms with Crippen LogP contribution in [0.5, 0.6) is 0 Å². The Bertz CT molecular complexity index is 678. The van der Waals surface area contributed by atoms with Crippen molar-refractivity contribution in [2.75, 3.05) is 5.73 Å². The minimum Gasteiger partial charge on any atom is -0.383 e. The molecule has 0 atom stereocenters. The molecule has 21 heavy (non-hydrogen) atoms. The fourth-order valence-corrected chi connectivity index (χ4v) is 2.49. The molecule has 0 aliphatic carbocycles. The molecule has 0 unspecified atom stereocenters. The van der Waals surface area contributed by atoms with Crippen molar-refractivity contribution < 1.29 is 0 Å². The van der Waals surface area contributed by atoms with E-state index in [4.69, 9.17) is 22.3 Å². The van der Waals surface area contributed by atoms with Gasteiger partial charge in [-0.3, -0.25) is 0 Å². The summed E-state index contributed by atoms with van der Waals surface area (Å²) in [4.78, 5) is 4.77. The average molecular weight is 304 g/mol. The van der Waals surface area contributed by atoms with Gasteiger partial charge in [-0.05, 0) is 18.6 Å². The summed E-state index contributed by atoms with van der Waals surface area (Å²) >= 11 is 6.22. The largest absolute Gasteiger partial charge is 0.383 e. The van der Waals surface area contributed by atoms with Gasteiger partial charge < -0.3 is 10.3 Å². The molecule has 1 aromatic carbocycles. The molecule has 0 radical (unpaired) electrons. The normalized spacial score (nSPS) is 11.7. The number of anilines is 1. The number of benzene rings is 1. The number of nitrogens with two attached hydrogens (primary N) is 1. The second-order valence-electron chi connectivity index (χ2n) is 6.28. The Morgan fingerprint density at radius 3 is 2.57 bits per heavy atom. The number of hydrogen-bond donors (Lipinski definition) is 1. The van der Waals surface area contributed by atoms with Crippen LogP contribution in [0.4, 0.5) is 5.82 Å². The number of imidazole rings is 1. The maximum absolute atomic E-state index is 6.32. The number of allylic oxidation sites excluding steroid dienone is 1. The molecule has 0 aliphatic rings. The van der Waals surface area contributed by atoms with Gasteiger partial charge in [0.15, 0.2) is 0 Å². The van der Waals surface area contributed by atoms with Crippen molar-refractivity contribution >= 4 is 17.4 Å². The minimum atomic E-state index is -0.0934. The SMILES string of the molecule is C=CCn1c(C(C)(C)C)nc(-c2ccc(C)c(Cl)c2)c1N. The van der Waals surface area contributed by atoms with Crippen LogP contribution >= 0.6 is 11.6 Å². The van der Waals surface area contributed by atoms with Gasteiger partial charge in [-0.15, -0.1) is 6.58 Å². The fraction of sp³-hybridized carbons (Fsp3) is 0.353. The standard InChI is InChI=1S/C17H22ClN3/c1-6-9-21-15(19)14(20-16(21)17(3,4)5)12-8-7-11(2)13(18)10-12/h6-8,10H,1,9,19H2,2-5H3. The van der Waals surface area contributed by atoms with Crippen LogP contribution in [0.25, 0.3) is 11.3 Å². The van der Waals surface area contributed by atoms with Crippen LogP contribution in [-0.4, -0.2) is 9.55 Å². The predicted molar refractivity (Wildman–Crippen MR) is 90.7 cm³/mol. The van der Waals surface area contributed by atoms with Crippen LogP contribution in [-0.2, 0) is 12.0 Å². The van der Waals surface area contributed by atoms with Crippen LogP contribution in [0.2, 0.25) is 5.02 Å². The lowest BCUT2D eigenvalue weighted by Gasteiger charge is -2.19. The Kier molecular flexibility index (Phi) is 4.15. The second kappa shape index (κ2) is 5.57. The van der Waals surface area contributed by atoms with Gasteiger partial charge in [-0.25, -0.2) is 4.98 Å². The molecular weight excluding hydrogens is 282 g/mol. The van der Waals surface area contributed by atoms with Crippen molar-refractivity contribution in [2.45, 2.75) is 39.7 Å². The molecule has 0 saturated carbocycles. The van der Waals surface area contributed by atoms with Crippen molar-refractivity contribution in [1.29, 1.82) is 0 Å². The highest BCUT2D eigenvalue weighted by Crippen LogP contribution is 2.33. The molecule has 2 rings (SSSR count). The van der Waals surface area contributed by atoms with Crippen LogP contribution in [0.1, 0.15) is 32.2 Å². The number of aryl methyl sites for hydroxylation is 1. The topological polar surface area (TPSA) is 43.8 Å². The molecule has 0 bridgehead atoms. The van der Waals surface area contributed by atoms with Crippen molar-refractivity contribution in [3.63, 3.8) is 0 Å². The van der Waals surface area contributed by atoms with Crippen molar-refractivity contribution in [1.82, 2.24) is 9.55 Å². The zero-order chi connectivity index (χ0) is 15.8. The summed E-state index contributed by atoms with van der Waals surface area (Å²) in [6, 6.07) is 5.91. The minimum absolute atomic E-state index is 0.0934. The zero-order valence-electron chi connectivity index (χ0n) is 13.1. The summed E-state index contributed by atoms with van der Waals surface area (Å²) in [6.45, 7) is 12.8. The Balaban J connectivity index is 2.64. The molecule has 1 aromatic heterocycles. The lowest BCUT2D eigenvalue weighted by atomic mass is 9.95. The van der Waals surface area contributed by atoms with Gasteiger partial charge in [-0.2, -0.15) is 0 Å². The first kappa shape index (κ1) is 15.6. The Morgan fingerprint density at radius 2 is 2.05 bits per heavy atom. The third-order valence-corrected chi connectivity index (χ3v) is 3.84. The van der Waals surface area contributed by atoms with E-state index in [0.717, 1.165) is 27.7 Å². The van der Waals surface area contributed by atoms with Gasteiger partial charge in [0, 0.05) is 22.5 Å². The number of hydrogen-bond acceptors (Lipinski definition) is 2. The smallest absolute Gasteiger partial charge is 0.132 e. The highest BCUT2D eigenvalue weighted by molar-refractivity contribution is 6.31. The van der Waals surface area contributed by atoms with Crippen molar-refractivity contribution in [3.05, 3.63) is 47.3 Å². The maximum atomic E-state index is 6.32. The number of nitrogen functional groups attached to an aromatic ring is 1. The molecule has 0 aliphatic heterocycles. The van der Waals surface area contributed by atoms with E-state index in [-0.39, 0.29) is 5.41 Å². The predicted octanol–water partition coefficient (Wildman–Crippen LogP) is 4.58. The monoisotopic (exact) mass is 303 g/mol. The van der Waals surface area contributed by atoms with Crippen molar-refractivity contribution in [2.24, 2.45) is 0 Å². The van der Waals surface area contributed by atoms with Gasteiger partial charge in [0.05, 0.1) is 0 Å². The van der Waals surface area contributed by atoms with Crippen LogP contribution in [0.15, 0.2) is 30.9 Å². The molecule has 4 heteroatoms. The average Bonchev–Trinajstić information content (AvgIpc) is 2.71. The first-order valence-corrected chi connectivity index (χ1v) is 7.37. The molecular formula is C17H22ClN3. The lowest BCUT2D eigenvalue weighted by Crippen LogP contribution is -2.19. The summed E-state index contributed by atoms with van der Waals surface area (Å²) in [5.41, 5.74) is 8.99. The molecule has 3 nitrogen and oxygen atoms in total. The van der Waals surface area contributed by atoms with Crippen LogP contribution in [0, 0.1) is 6.92 Å². The van der Waals surface area contributed by atoms with Gasteiger partial charge in [0.2, 0.25) is 0 Å². The third kappa shape index (κ3) is 2.98. The first-order valence-electron chi connectivity index (χ1n) is 6.99. The first-order chi connectivity index (χ1) is 9.75. The second-order valence-corrected chi connectivity index (χ2v) is 6.69. The van der Waals surface area contributed by atoms with E-state index in [2.05, 4.69) is 27.4 Å². The number of nitrogens with zero attached hydrogens (tertiary/aromatic N) is 2. The summed E-state index contributed by atoms with van der Waals surface area (Å²) in [7, 11) is 0. The molecule has 0 saturated heterocycles. The maximum Gasteiger partial charge on any atom is 0.132 e.